The average molecular weight is 408 g/mol. The number of rotatable bonds is 8. The van der Waals surface area contributed by atoms with Crippen LogP contribution in [0, 0.1) is 5.41 Å². The summed E-state index contributed by atoms with van der Waals surface area (Å²) in [6, 6.07) is 10.0. The number of aliphatic hydroxyl groups is 1. The van der Waals surface area contributed by atoms with Crippen LogP contribution < -0.4 is 0 Å². The molecule has 0 amide bonds. The van der Waals surface area contributed by atoms with Crippen molar-refractivity contribution in [3.63, 3.8) is 0 Å². The molecule has 0 aromatic heterocycles. The monoisotopic (exact) mass is 408 g/mol. The number of hydrogen-bond donors (Lipinski definition) is 2. The third-order valence-electron chi connectivity index (χ3n) is 5.02. The van der Waals surface area contributed by atoms with E-state index < -0.39 is 12.1 Å². The maximum Gasteiger partial charge on any atom is 0.338 e. The van der Waals surface area contributed by atoms with Crippen molar-refractivity contribution in [1.29, 1.82) is 0 Å². The van der Waals surface area contributed by atoms with Gasteiger partial charge in [0.1, 0.15) is 30.8 Å². The number of aliphatic hydroxyl groups excluding tert-OH is 1. The zero-order chi connectivity index (χ0) is 21.6. The van der Waals surface area contributed by atoms with Gasteiger partial charge in [-0.2, -0.15) is 0 Å². The van der Waals surface area contributed by atoms with Crippen LogP contribution in [0.2, 0.25) is 0 Å². The second-order valence-electron chi connectivity index (χ2n) is 7.83. The highest BCUT2D eigenvalue weighted by Crippen LogP contribution is 2.30. The van der Waals surface area contributed by atoms with E-state index in [4.69, 9.17) is 9.47 Å². The van der Waals surface area contributed by atoms with Crippen LogP contribution in [0.25, 0.3) is 10.8 Å². The zero-order valence-electron chi connectivity index (χ0n) is 17.4. The van der Waals surface area contributed by atoms with Gasteiger partial charge in [0, 0.05) is 5.41 Å². The summed E-state index contributed by atoms with van der Waals surface area (Å²) in [4.78, 5) is 12.3. The molecule has 2 atom stereocenters. The number of aromatic hydroxyl groups is 1. The van der Waals surface area contributed by atoms with E-state index >= 15 is 0 Å². The van der Waals surface area contributed by atoms with E-state index in [9.17, 15) is 15.0 Å². The van der Waals surface area contributed by atoms with E-state index in [1.807, 2.05) is 18.2 Å². The van der Waals surface area contributed by atoms with Crippen LogP contribution in [0.5, 0.6) is 5.75 Å². The first-order valence-corrected chi connectivity index (χ1v) is 10.2. The fourth-order valence-electron chi connectivity index (χ4n) is 3.49. The fourth-order valence-corrected chi connectivity index (χ4v) is 3.49. The van der Waals surface area contributed by atoms with Gasteiger partial charge in [-0.05, 0) is 53.6 Å². The van der Waals surface area contributed by atoms with Crippen LogP contribution in [0.3, 0.4) is 0 Å². The maximum absolute atomic E-state index is 12.3. The van der Waals surface area contributed by atoms with Gasteiger partial charge in [0.2, 0.25) is 0 Å². The number of phenols is 1. The van der Waals surface area contributed by atoms with Gasteiger partial charge in [-0.3, -0.25) is 0 Å². The lowest BCUT2D eigenvalue weighted by Crippen LogP contribution is -2.24. The third kappa shape index (κ3) is 5.74. The minimum absolute atomic E-state index is 0.0304. The largest absolute Gasteiger partial charge is 0.508 e. The van der Waals surface area contributed by atoms with Gasteiger partial charge in [0.15, 0.2) is 0 Å². The quantitative estimate of drug-likeness (QED) is 0.608. The third-order valence-corrected chi connectivity index (χ3v) is 5.02. The SMILES string of the molecule is CCCC1(C)C=CC=CC(OCC(O)COC(=O)c2ccc3cc(O)ccc3c2)=C1. The van der Waals surface area contributed by atoms with Crippen LogP contribution >= 0.6 is 0 Å². The lowest BCUT2D eigenvalue weighted by molar-refractivity contribution is 0.00376. The molecule has 5 nitrogen and oxygen atoms in total. The summed E-state index contributed by atoms with van der Waals surface area (Å²) in [6.45, 7) is 4.16. The van der Waals surface area contributed by atoms with E-state index in [0.717, 1.165) is 23.6 Å². The Hall–Kier alpha value is -3.05. The lowest BCUT2D eigenvalue weighted by atomic mass is 9.85. The van der Waals surface area contributed by atoms with E-state index in [1.54, 1.807) is 36.4 Å². The molecule has 0 saturated heterocycles. The molecular formula is C25H28O5. The molecule has 158 valence electrons. The normalized spacial score (nSPS) is 19.2. The van der Waals surface area contributed by atoms with E-state index in [-0.39, 0.29) is 24.4 Å². The van der Waals surface area contributed by atoms with Crippen LogP contribution in [0.4, 0.5) is 0 Å². The Balaban J connectivity index is 1.53. The number of carbonyl (C=O) groups excluding carboxylic acids is 1. The number of esters is 1. The first kappa shape index (κ1) is 21.7. The predicted molar refractivity (Wildman–Crippen MR) is 117 cm³/mol. The van der Waals surface area contributed by atoms with Crippen LogP contribution in [-0.4, -0.2) is 35.5 Å². The molecule has 3 rings (SSSR count). The highest BCUT2D eigenvalue weighted by atomic mass is 16.5. The van der Waals surface area contributed by atoms with E-state index in [0.29, 0.717) is 11.3 Å². The number of benzene rings is 2. The molecule has 0 saturated carbocycles. The zero-order valence-corrected chi connectivity index (χ0v) is 17.4. The molecule has 0 bridgehead atoms. The Morgan fingerprint density at radius 2 is 1.87 bits per heavy atom. The highest BCUT2D eigenvalue weighted by Gasteiger charge is 2.20. The smallest absolute Gasteiger partial charge is 0.338 e. The van der Waals surface area contributed by atoms with Crippen molar-refractivity contribution < 1.29 is 24.5 Å². The minimum atomic E-state index is -0.936. The second kappa shape index (κ2) is 9.63. The number of phenolic OH excluding ortho intramolecular Hbond substituents is 1. The summed E-state index contributed by atoms with van der Waals surface area (Å²) in [7, 11) is 0. The van der Waals surface area contributed by atoms with Crippen molar-refractivity contribution in [2.75, 3.05) is 13.2 Å². The molecule has 1 aliphatic carbocycles. The molecule has 5 heteroatoms. The number of allylic oxidation sites excluding steroid dienone is 5. The van der Waals surface area contributed by atoms with Crippen molar-refractivity contribution in [3.8, 4) is 5.75 Å². The molecule has 2 N–H and O–H groups in total. The van der Waals surface area contributed by atoms with Gasteiger partial charge >= 0.3 is 5.97 Å². The molecule has 2 aromatic carbocycles. The van der Waals surface area contributed by atoms with Gasteiger partial charge < -0.3 is 19.7 Å². The first-order chi connectivity index (χ1) is 14.4. The molecule has 0 fully saturated rings. The summed E-state index contributed by atoms with van der Waals surface area (Å²) in [6.07, 6.45) is 11.1. The van der Waals surface area contributed by atoms with Gasteiger partial charge in [0.05, 0.1) is 5.56 Å². The molecular weight excluding hydrogens is 380 g/mol. The minimum Gasteiger partial charge on any atom is -0.508 e. The Bertz CT molecular complexity index is 988. The number of fused-ring (bicyclic) bond motifs is 1. The van der Waals surface area contributed by atoms with Gasteiger partial charge in [-0.25, -0.2) is 4.79 Å². The Kier molecular flexibility index (Phi) is 6.95. The summed E-state index contributed by atoms with van der Waals surface area (Å²) >= 11 is 0. The number of ether oxygens (including phenoxy) is 2. The summed E-state index contributed by atoms with van der Waals surface area (Å²) in [5.74, 6) is 0.349. The van der Waals surface area contributed by atoms with Crippen molar-refractivity contribution >= 4 is 16.7 Å². The number of hydrogen-bond acceptors (Lipinski definition) is 5. The molecule has 0 radical (unpaired) electrons. The molecule has 1 aliphatic rings. The predicted octanol–water partition coefficient (Wildman–Crippen LogP) is 4.90. The first-order valence-electron chi connectivity index (χ1n) is 10.2. The molecule has 0 heterocycles. The van der Waals surface area contributed by atoms with Crippen LogP contribution in [0.15, 0.2) is 72.5 Å². The fraction of sp³-hybridized carbons (Fsp3) is 0.320. The van der Waals surface area contributed by atoms with Crippen molar-refractivity contribution in [1.82, 2.24) is 0 Å². The Morgan fingerprint density at radius 3 is 2.67 bits per heavy atom. The van der Waals surface area contributed by atoms with Crippen molar-refractivity contribution in [3.05, 3.63) is 78.1 Å². The highest BCUT2D eigenvalue weighted by molar-refractivity contribution is 5.95. The lowest BCUT2D eigenvalue weighted by Gasteiger charge is -2.22. The van der Waals surface area contributed by atoms with Crippen LogP contribution in [-0.2, 0) is 9.47 Å². The van der Waals surface area contributed by atoms with E-state index in [2.05, 4.69) is 26.0 Å². The van der Waals surface area contributed by atoms with Gasteiger partial charge in [-0.1, -0.05) is 50.6 Å². The van der Waals surface area contributed by atoms with Gasteiger partial charge in [0.25, 0.3) is 0 Å². The number of carbonyl (C=O) groups is 1. The molecule has 30 heavy (non-hydrogen) atoms. The topological polar surface area (TPSA) is 76.0 Å². The summed E-state index contributed by atoms with van der Waals surface area (Å²) in [5, 5.41) is 21.4. The molecule has 0 aliphatic heterocycles. The average Bonchev–Trinajstić information content (AvgIpc) is 2.91. The van der Waals surface area contributed by atoms with E-state index in [1.165, 1.54) is 0 Å². The maximum atomic E-state index is 12.3. The van der Waals surface area contributed by atoms with Crippen molar-refractivity contribution in [2.24, 2.45) is 5.41 Å². The van der Waals surface area contributed by atoms with Crippen molar-refractivity contribution in [2.45, 2.75) is 32.8 Å². The Labute approximate surface area is 176 Å². The molecule has 2 unspecified atom stereocenters. The molecule has 0 spiro atoms. The summed E-state index contributed by atoms with van der Waals surface area (Å²) < 4.78 is 11.0. The second-order valence-corrected chi connectivity index (χ2v) is 7.83. The standard InChI is InChI=1S/C25H28O5/c1-3-11-25(2)12-5-4-6-23(15-25)29-16-22(27)17-30-24(28)20-8-7-19-14-21(26)10-9-18(19)13-20/h4-10,12-15,22,26-27H,3,11,16-17H2,1-2H3. The Morgan fingerprint density at radius 1 is 1.10 bits per heavy atom. The molecule has 2 aromatic rings. The summed E-state index contributed by atoms with van der Waals surface area (Å²) in [5.41, 5.74) is 0.301. The van der Waals surface area contributed by atoms with Crippen LogP contribution in [0.1, 0.15) is 37.0 Å². The van der Waals surface area contributed by atoms with Gasteiger partial charge in [-0.15, -0.1) is 0 Å².